The van der Waals surface area contributed by atoms with Gasteiger partial charge in [0.15, 0.2) is 0 Å². The fraction of sp³-hybridized carbons (Fsp3) is 0.0667. The smallest absolute Gasteiger partial charge is 0.336 e. The molecule has 0 aliphatic carbocycles. The van der Waals surface area contributed by atoms with E-state index in [9.17, 15) is 9.90 Å². The molecule has 0 aliphatic heterocycles. The number of hydrogen-bond acceptors (Lipinski definition) is 2. The molecule has 90 valence electrons. The van der Waals surface area contributed by atoms with E-state index < -0.39 is 5.97 Å². The molecule has 1 aromatic carbocycles. The molecule has 2 aromatic rings. The maximum absolute atomic E-state index is 11.4. The summed E-state index contributed by atoms with van der Waals surface area (Å²) in [4.78, 5) is 15.3. The fourth-order valence-corrected chi connectivity index (χ4v) is 1.76. The van der Waals surface area contributed by atoms with E-state index in [4.69, 9.17) is 0 Å². The minimum atomic E-state index is -0.930. The number of carbonyl (C=O) groups is 1. The van der Waals surface area contributed by atoms with Crippen molar-refractivity contribution in [3.63, 3.8) is 0 Å². The predicted molar refractivity (Wildman–Crippen MR) is 70.9 cm³/mol. The molecule has 3 heteroatoms. The first kappa shape index (κ1) is 12.0. The summed E-state index contributed by atoms with van der Waals surface area (Å²) >= 11 is 0. The molecule has 1 N–H and O–H groups in total. The van der Waals surface area contributed by atoms with Crippen LogP contribution in [-0.4, -0.2) is 16.1 Å². The summed E-state index contributed by atoms with van der Waals surface area (Å²) < 4.78 is 0. The van der Waals surface area contributed by atoms with Crippen LogP contribution in [0.25, 0.3) is 11.6 Å². The van der Waals surface area contributed by atoms with Gasteiger partial charge in [0.25, 0.3) is 0 Å². The van der Waals surface area contributed by atoms with Crippen molar-refractivity contribution >= 4 is 17.6 Å². The molecule has 0 aliphatic rings. The third kappa shape index (κ3) is 2.63. The maximum Gasteiger partial charge on any atom is 0.336 e. The summed E-state index contributed by atoms with van der Waals surface area (Å²) in [6.07, 6.45) is 4.94. The van der Waals surface area contributed by atoms with E-state index in [0.29, 0.717) is 5.57 Å². The van der Waals surface area contributed by atoms with Crippen molar-refractivity contribution in [1.82, 2.24) is 4.98 Å². The molecule has 0 saturated heterocycles. The zero-order valence-electron chi connectivity index (χ0n) is 10.00. The Morgan fingerprint density at radius 1 is 1.17 bits per heavy atom. The van der Waals surface area contributed by atoms with Gasteiger partial charge in [-0.3, -0.25) is 4.98 Å². The van der Waals surface area contributed by atoms with E-state index in [0.717, 1.165) is 16.7 Å². The Kier molecular flexibility index (Phi) is 3.53. The average Bonchev–Trinajstić information content (AvgIpc) is 2.38. The van der Waals surface area contributed by atoms with Crippen molar-refractivity contribution in [3.05, 3.63) is 65.5 Å². The van der Waals surface area contributed by atoms with Gasteiger partial charge in [0, 0.05) is 12.4 Å². The Labute approximate surface area is 105 Å². The summed E-state index contributed by atoms with van der Waals surface area (Å²) in [5, 5.41) is 9.33. The van der Waals surface area contributed by atoms with Crippen LogP contribution < -0.4 is 0 Å². The third-order valence-corrected chi connectivity index (χ3v) is 2.68. The van der Waals surface area contributed by atoms with E-state index in [2.05, 4.69) is 4.98 Å². The van der Waals surface area contributed by atoms with Crippen molar-refractivity contribution < 1.29 is 9.90 Å². The van der Waals surface area contributed by atoms with Gasteiger partial charge < -0.3 is 5.11 Å². The molecular formula is C15H13NO2. The third-order valence-electron chi connectivity index (χ3n) is 2.68. The van der Waals surface area contributed by atoms with Crippen LogP contribution >= 0.6 is 0 Å². The molecule has 0 radical (unpaired) electrons. The lowest BCUT2D eigenvalue weighted by Gasteiger charge is -2.06. The zero-order chi connectivity index (χ0) is 13.0. The van der Waals surface area contributed by atoms with Gasteiger partial charge in [-0.05, 0) is 41.8 Å². The first-order chi connectivity index (χ1) is 8.68. The lowest BCUT2D eigenvalue weighted by atomic mass is 9.99. The van der Waals surface area contributed by atoms with Gasteiger partial charge in [-0.15, -0.1) is 0 Å². The number of hydrogen-bond donors (Lipinski definition) is 1. The van der Waals surface area contributed by atoms with Crippen LogP contribution in [0.1, 0.15) is 16.7 Å². The number of aliphatic carboxylic acids is 1. The van der Waals surface area contributed by atoms with Crippen LogP contribution in [0.2, 0.25) is 0 Å². The minimum absolute atomic E-state index is 0.291. The number of carboxylic acid groups (broad SMARTS) is 1. The monoisotopic (exact) mass is 239 g/mol. The summed E-state index contributed by atoms with van der Waals surface area (Å²) in [7, 11) is 0. The lowest BCUT2D eigenvalue weighted by molar-refractivity contribution is -0.130. The topological polar surface area (TPSA) is 50.2 Å². The van der Waals surface area contributed by atoms with Crippen molar-refractivity contribution in [2.75, 3.05) is 0 Å². The van der Waals surface area contributed by atoms with Crippen LogP contribution in [0, 0.1) is 6.92 Å². The normalized spacial score (nSPS) is 11.3. The molecule has 2 rings (SSSR count). The van der Waals surface area contributed by atoms with Gasteiger partial charge in [0.1, 0.15) is 0 Å². The highest BCUT2D eigenvalue weighted by Gasteiger charge is 2.12. The SMILES string of the molecule is Cc1ccccc1/C(=C\c1ccncc1)C(=O)O. The van der Waals surface area contributed by atoms with Crippen LogP contribution in [-0.2, 0) is 4.79 Å². The summed E-state index contributed by atoms with van der Waals surface area (Å²) in [6, 6.07) is 11.0. The predicted octanol–water partition coefficient (Wildman–Crippen LogP) is 3.02. The molecule has 18 heavy (non-hydrogen) atoms. The van der Waals surface area contributed by atoms with E-state index in [1.54, 1.807) is 30.6 Å². The second-order valence-electron chi connectivity index (χ2n) is 3.96. The molecule has 0 amide bonds. The average molecular weight is 239 g/mol. The van der Waals surface area contributed by atoms with Gasteiger partial charge in [0.05, 0.1) is 5.57 Å². The van der Waals surface area contributed by atoms with Gasteiger partial charge in [-0.1, -0.05) is 24.3 Å². The summed E-state index contributed by atoms with van der Waals surface area (Å²) in [5.41, 5.74) is 2.80. The number of pyridine rings is 1. The molecule has 0 atom stereocenters. The highest BCUT2D eigenvalue weighted by atomic mass is 16.4. The van der Waals surface area contributed by atoms with E-state index in [1.165, 1.54) is 0 Å². The van der Waals surface area contributed by atoms with Crippen LogP contribution in [0.3, 0.4) is 0 Å². The van der Waals surface area contributed by atoms with Gasteiger partial charge in [-0.25, -0.2) is 4.79 Å². The number of carboxylic acids is 1. The Balaban J connectivity index is 2.51. The second kappa shape index (κ2) is 5.27. The number of rotatable bonds is 3. The van der Waals surface area contributed by atoms with Gasteiger partial charge in [0.2, 0.25) is 0 Å². The first-order valence-corrected chi connectivity index (χ1v) is 5.59. The lowest BCUT2D eigenvalue weighted by Crippen LogP contribution is -2.01. The number of aryl methyl sites for hydroxylation is 1. The second-order valence-corrected chi connectivity index (χ2v) is 3.96. The molecule has 1 heterocycles. The summed E-state index contributed by atoms with van der Waals surface area (Å²) in [6.45, 7) is 1.90. The van der Waals surface area contributed by atoms with Crippen LogP contribution in [0.4, 0.5) is 0 Å². The molecular weight excluding hydrogens is 226 g/mol. The van der Waals surface area contributed by atoms with Gasteiger partial charge >= 0.3 is 5.97 Å². The number of nitrogens with zero attached hydrogens (tertiary/aromatic N) is 1. The Morgan fingerprint density at radius 3 is 2.44 bits per heavy atom. The van der Waals surface area contributed by atoms with Crippen molar-refractivity contribution in [1.29, 1.82) is 0 Å². The van der Waals surface area contributed by atoms with Crippen LogP contribution in [0.5, 0.6) is 0 Å². The van der Waals surface area contributed by atoms with E-state index in [-0.39, 0.29) is 0 Å². The minimum Gasteiger partial charge on any atom is -0.478 e. The summed E-state index contributed by atoms with van der Waals surface area (Å²) in [5.74, 6) is -0.930. The van der Waals surface area contributed by atoms with Gasteiger partial charge in [-0.2, -0.15) is 0 Å². The van der Waals surface area contributed by atoms with Crippen molar-refractivity contribution in [2.24, 2.45) is 0 Å². The Hall–Kier alpha value is -2.42. The molecule has 0 bridgehead atoms. The molecule has 1 aromatic heterocycles. The number of benzene rings is 1. The zero-order valence-corrected chi connectivity index (χ0v) is 10.00. The number of aromatic nitrogens is 1. The largest absolute Gasteiger partial charge is 0.478 e. The maximum atomic E-state index is 11.4. The molecule has 3 nitrogen and oxygen atoms in total. The van der Waals surface area contributed by atoms with Crippen molar-refractivity contribution in [2.45, 2.75) is 6.92 Å². The molecule has 0 spiro atoms. The quantitative estimate of drug-likeness (QED) is 0.837. The molecule has 0 saturated carbocycles. The van der Waals surface area contributed by atoms with E-state index in [1.807, 2.05) is 31.2 Å². The molecule has 0 fully saturated rings. The van der Waals surface area contributed by atoms with E-state index >= 15 is 0 Å². The standard InChI is InChI=1S/C15H13NO2/c1-11-4-2-3-5-13(11)14(15(17)18)10-12-6-8-16-9-7-12/h2-10H,1H3,(H,17,18)/b14-10+. The first-order valence-electron chi connectivity index (χ1n) is 5.59. The highest BCUT2D eigenvalue weighted by molar-refractivity contribution is 6.21. The van der Waals surface area contributed by atoms with Crippen LogP contribution in [0.15, 0.2) is 48.8 Å². The Morgan fingerprint density at radius 2 is 1.83 bits per heavy atom. The van der Waals surface area contributed by atoms with Crippen molar-refractivity contribution in [3.8, 4) is 0 Å². The highest BCUT2D eigenvalue weighted by Crippen LogP contribution is 2.21. The fourth-order valence-electron chi connectivity index (χ4n) is 1.76. The molecule has 0 unspecified atom stereocenters. The Bertz CT molecular complexity index is 588.